The van der Waals surface area contributed by atoms with E-state index < -0.39 is 11.9 Å². The molecule has 0 fully saturated rings. The average molecular weight is 511 g/mol. The molecule has 2 aromatic rings. The van der Waals surface area contributed by atoms with Crippen LogP contribution in [0.15, 0.2) is 65.1 Å². The Hall–Kier alpha value is -3.45. The van der Waals surface area contributed by atoms with E-state index >= 15 is 0 Å². The number of ether oxygens (including phenoxy) is 3. The summed E-state index contributed by atoms with van der Waals surface area (Å²) in [6, 6.07) is 12.5. The van der Waals surface area contributed by atoms with Gasteiger partial charge in [-0.3, -0.25) is 9.69 Å². The lowest BCUT2D eigenvalue weighted by Crippen LogP contribution is -2.43. The van der Waals surface area contributed by atoms with Crippen LogP contribution in [0.1, 0.15) is 45.1 Å². The molecule has 1 aliphatic carbocycles. The predicted octanol–water partition coefficient (Wildman–Crippen LogP) is 5.34. The summed E-state index contributed by atoms with van der Waals surface area (Å²) in [6.45, 7) is 6.02. The van der Waals surface area contributed by atoms with Gasteiger partial charge in [0.1, 0.15) is 5.82 Å². The van der Waals surface area contributed by atoms with Gasteiger partial charge in [-0.05, 0) is 60.7 Å². The second-order valence-corrected chi connectivity index (χ2v) is 10.1. The van der Waals surface area contributed by atoms with Gasteiger partial charge < -0.3 is 19.9 Å². The highest BCUT2D eigenvalue weighted by molar-refractivity contribution is 6.30. The minimum atomic E-state index is -0.717. The molecule has 1 aliphatic heterocycles. The quantitative estimate of drug-likeness (QED) is 0.524. The van der Waals surface area contributed by atoms with E-state index in [0.29, 0.717) is 46.2 Å². The normalized spacial score (nSPS) is 19.2. The van der Waals surface area contributed by atoms with Crippen molar-refractivity contribution in [3.63, 3.8) is 0 Å². The van der Waals surface area contributed by atoms with Crippen molar-refractivity contribution in [2.24, 2.45) is 11.1 Å². The third-order valence-electron chi connectivity index (χ3n) is 6.58. The van der Waals surface area contributed by atoms with Crippen LogP contribution in [0.5, 0.6) is 11.5 Å². The Morgan fingerprint density at radius 2 is 1.75 bits per heavy atom. The van der Waals surface area contributed by atoms with Crippen molar-refractivity contribution in [3.8, 4) is 11.5 Å². The number of benzene rings is 2. The zero-order valence-electron chi connectivity index (χ0n) is 21.2. The fourth-order valence-corrected chi connectivity index (χ4v) is 5.20. The first-order valence-corrected chi connectivity index (χ1v) is 12.2. The number of carbonyl (C=O) groups excluding carboxylic acids is 2. The average Bonchev–Trinajstić information content (AvgIpc) is 2.83. The van der Waals surface area contributed by atoms with Crippen LogP contribution in [0.25, 0.3) is 0 Å². The van der Waals surface area contributed by atoms with Gasteiger partial charge in [-0.25, -0.2) is 4.79 Å². The van der Waals surface area contributed by atoms with Gasteiger partial charge in [-0.1, -0.05) is 31.5 Å². The molecule has 1 unspecified atom stereocenters. The number of halogens is 1. The maximum Gasteiger partial charge on any atom is 0.338 e. The van der Waals surface area contributed by atoms with E-state index in [1.165, 1.54) is 0 Å². The van der Waals surface area contributed by atoms with Gasteiger partial charge in [0.05, 0.1) is 32.3 Å². The first-order valence-electron chi connectivity index (χ1n) is 11.8. The SMILES string of the molecule is CCOC(=O)C1=C(N)N(c2ccc(Cl)cc2)C2=C(C(=O)CC(C)(C)C2)C1c1ccc(OC)c(OC)c1. The third-order valence-corrected chi connectivity index (χ3v) is 6.83. The molecule has 0 radical (unpaired) electrons. The van der Waals surface area contributed by atoms with E-state index in [9.17, 15) is 9.59 Å². The minimum absolute atomic E-state index is 0.0331. The standard InChI is InChI=1S/C28H31ClN2O5/c1-6-36-27(33)25-23(16-7-12-21(34-4)22(13-16)35-5)24-19(14-28(2,3)15-20(24)32)31(26(25)30)18-10-8-17(29)9-11-18/h7-13,23H,6,14-15,30H2,1-5H3. The topological polar surface area (TPSA) is 91.1 Å². The van der Waals surface area contributed by atoms with Gasteiger partial charge in [0.25, 0.3) is 0 Å². The summed E-state index contributed by atoms with van der Waals surface area (Å²) in [5.41, 5.74) is 9.42. The van der Waals surface area contributed by atoms with Crippen LogP contribution in [-0.2, 0) is 14.3 Å². The molecule has 190 valence electrons. The van der Waals surface area contributed by atoms with E-state index in [2.05, 4.69) is 13.8 Å². The second kappa shape index (κ2) is 9.90. The Bertz CT molecular complexity index is 1260. The number of nitrogens with two attached hydrogens (primary N) is 1. The number of carbonyl (C=O) groups is 2. The van der Waals surface area contributed by atoms with Crippen molar-refractivity contribution in [2.75, 3.05) is 25.7 Å². The number of Topliss-reactive ketones (excluding diaryl/α,β-unsaturated/α-hetero) is 1. The lowest BCUT2D eigenvalue weighted by Gasteiger charge is -2.44. The molecule has 7 nitrogen and oxygen atoms in total. The third kappa shape index (κ3) is 4.55. The number of anilines is 1. The monoisotopic (exact) mass is 510 g/mol. The summed E-state index contributed by atoms with van der Waals surface area (Å²) in [5, 5.41) is 0.571. The Balaban J connectivity index is 2.03. The lowest BCUT2D eigenvalue weighted by atomic mass is 9.68. The summed E-state index contributed by atoms with van der Waals surface area (Å²) >= 11 is 6.15. The van der Waals surface area contributed by atoms with Crippen molar-refractivity contribution in [1.82, 2.24) is 0 Å². The molecule has 36 heavy (non-hydrogen) atoms. The van der Waals surface area contributed by atoms with Crippen molar-refractivity contribution >= 4 is 29.0 Å². The molecule has 1 heterocycles. The molecule has 0 spiro atoms. The molecule has 0 aromatic heterocycles. The molecular formula is C28H31ClN2O5. The minimum Gasteiger partial charge on any atom is -0.493 e. The summed E-state index contributed by atoms with van der Waals surface area (Å²) in [5.74, 6) is -0.0690. The molecule has 0 saturated heterocycles. The summed E-state index contributed by atoms with van der Waals surface area (Å²) in [7, 11) is 3.09. The molecule has 0 amide bonds. The van der Waals surface area contributed by atoms with E-state index in [0.717, 1.165) is 5.70 Å². The van der Waals surface area contributed by atoms with Gasteiger partial charge in [-0.2, -0.15) is 0 Å². The van der Waals surface area contributed by atoms with Crippen molar-refractivity contribution < 1.29 is 23.8 Å². The van der Waals surface area contributed by atoms with Gasteiger partial charge in [-0.15, -0.1) is 0 Å². The summed E-state index contributed by atoms with van der Waals surface area (Å²) in [4.78, 5) is 29.0. The van der Waals surface area contributed by atoms with Crippen LogP contribution < -0.4 is 20.1 Å². The van der Waals surface area contributed by atoms with Crippen LogP contribution in [0.3, 0.4) is 0 Å². The van der Waals surface area contributed by atoms with Crippen LogP contribution >= 0.6 is 11.6 Å². The second-order valence-electron chi connectivity index (χ2n) is 9.68. The Kier molecular flexibility index (Phi) is 7.05. The maximum absolute atomic E-state index is 13.8. The first-order chi connectivity index (χ1) is 17.1. The molecule has 0 saturated carbocycles. The Morgan fingerprint density at radius 1 is 1.08 bits per heavy atom. The largest absolute Gasteiger partial charge is 0.493 e. The molecule has 0 bridgehead atoms. The Morgan fingerprint density at radius 3 is 2.36 bits per heavy atom. The highest BCUT2D eigenvalue weighted by Crippen LogP contribution is 2.51. The number of esters is 1. The van der Waals surface area contributed by atoms with Crippen LogP contribution in [0.2, 0.25) is 5.02 Å². The maximum atomic E-state index is 13.8. The first kappa shape index (κ1) is 25.6. The number of hydrogen-bond donors (Lipinski definition) is 1. The fraction of sp³-hybridized carbons (Fsp3) is 0.357. The van der Waals surface area contributed by atoms with Gasteiger partial charge in [0, 0.05) is 28.4 Å². The van der Waals surface area contributed by atoms with Crippen molar-refractivity contribution in [1.29, 1.82) is 0 Å². The van der Waals surface area contributed by atoms with E-state index in [1.54, 1.807) is 50.3 Å². The highest BCUT2D eigenvalue weighted by Gasteiger charge is 2.46. The number of nitrogens with zero attached hydrogens (tertiary/aromatic N) is 1. The number of allylic oxidation sites excluding steroid dienone is 2. The number of ketones is 1. The highest BCUT2D eigenvalue weighted by atomic mass is 35.5. The zero-order chi connectivity index (χ0) is 26.2. The number of hydrogen-bond acceptors (Lipinski definition) is 7. The van der Waals surface area contributed by atoms with E-state index in [1.807, 2.05) is 18.2 Å². The summed E-state index contributed by atoms with van der Waals surface area (Å²) < 4.78 is 16.4. The Labute approximate surface area is 216 Å². The van der Waals surface area contributed by atoms with Gasteiger partial charge in [0.15, 0.2) is 17.3 Å². The van der Waals surface area contributed by atoms with Gasteiger partial charge >= 0.3 is 5.97 Å². The van der Waals surface area contributed by atoms with Crippen molar-refractivity contribution in [2.45, 2.75) is 39.5 Å². The molecule has 2 N–H and O–H groups in total. The predicted molar refractivity (Wildman–Crippen MR) is 139 cm³/mol. The van der Waals surface area contributed by atoms with Crippen molar-refractivity contribution in [3.05, 3.63) is 75.7 Å². The molecule has 1 atom stereocenters. The smallest absolute Gasteiger partial charge is 0.338 e. The van der Waals surface area contributed by atoms with E-state index in [4.69, 9.17) is 31.5 Å². The molecule has 4 rings (SSSR count). The summed E-state index contributed by atoms with van der Waals surface area (Å²) in [6.07, 6.45) is 0.942. The molecule has 2 aromatic carbocycles. The zero-order valence-corrected chi connectivity index (χ0v) is 21.9. The number of rotatable bonds is 6. The van der Waals surface area contributed by atoms with Gasteiger partial charge in [0.2, 0.25) is 0 Å². The fourth-order valence-electron chi connectivity index (χ4n) is 5.07. The molecule has 8 heteroatoms. The van der Waals surface area contributed by atoms with E-state index in [-0.39, 0.29) is 29.2 Å². The number of methoxy groups -OCH3 is 2. The van der Waals surface area contributed by atoms with Crippen LogP contribution in [-0.4, -0.2) is 32.6 Å². The van der Waals surface area contributed by atoms with Crippen LogP contribution in [0.4, 0.5) is 5.69 Å². The van der Waals surface area contributed by atoms with Crippen LogP contribution in [0, 0.1) is 5.41 Å². The molecular weight excluding hydrogens is 480 g/mol. The molecule has 2 aliphatic rings. The lowest BCUT2D eigenvalue weighted by molar-refractivity contribution is -0.138.